The Labute approximate surface area is 174 Å². The highest BCUT2D eigenvalue weighted by Crippen LogP contribution is 2.46. The molecule has 1 aromatic heterocycles. The quantitative estimate of drug-likeness (QED) is 0.377. The van der Waals surface area contributed by atoms with E-state index in [0.717, 1.165) is 22.3 Å². The predicted molar refractivity (Wildman–Crippen MR) is 110 cm³/mol. The number of Topliss-reactive ketones (excluding diaryl/α,β-unsaturated/α-hetero) is 1. The maximum atomic E-state index is 12.8. The summed E-state index contributed by atoms with van der Waals surface area (Å²) in [5.74, 6) is -0.133. The molecule has 1 aliphatic rings. The van der Waals surface area contributed by atoms with Gasteiger partial charge >= 0.3 is 0 Å². The van der Waals surface area contributed by atoms with Crippen LogP contribution in [-0.4, -0.2) is 43.9 Å². The third kappa shape index (κ3) is 3.70. The molecule has 3 aromatic rings. The van der Waals surface area contributed by atoms with Gasteiger partial charge in [0.05, 0.1) is 17.1 Å². The standard InChI is InChI=1S/C19H14N6O2S2/c1-24-15-4-2-3-5-17(15)29-18(24)14(10-20)16(27)11-28-19-21-22-23-25(19)12-6-8-13(26)9-7-12/h2-9,26H,11H2,1H3/b18-14-. The Morgan fingerprint density at radius 3 is 2.72 bits per heavy atom. The van der Waals surface area contributed by atoms with Gasteiger partial charge in [-0.25, -0.2) is 0 Å². The van der Waals surface area contributed by atoms with Gasteiger partial charge in [0.25, 0.3) is 0 Å². The van der Waals surface area contributed by atoms with E-state index in [4.69, 9.17) is 0 Å². The lowest BCUT2D eigenvalue weighted by molar-refractivity contribution is -0.112. The van der Waals surface area contributed by atoms with E-state index in [1.807, 2.05) is 36.2 Å². The lowest BCUT2D eigenvalue weighted by Crippen LogP contribution is -2.16. The number of nitriles is 1. The van der Waals surface area contributed by atoms with E-state index >= 15 is 0 Å². The Morgan fingerprint density at radius 2 is 2.00 bits per heavy atom. The number of tetrazole rings is 1. The van der Waals surface area contributed by atoms with Crippen LogP contribution in [0.25, 0.3) is 5.69 Å². The number of nitrogens with zero attached hydrogens (tertiary/aromatic N) is 6. The summed E-state index contributed by atoms with van der Waals surface area (Å²) in [6.45, 7) is 0. The van der Waals surface area contributed by atoms with Crippen molar-refractivity contribution in [2.24, 2.45) is 0 Å². The molecule has 0 saturated heterocycles. The predicted octanol–water partition coefficient (Wildman–Crippen LogP) is 3.01. The van der Waals surface area contributed by atoms with Crippen LogP contribution >= 0.6 is 23.5 Å². The summed E-state index contributed by atoms with van der Waals surface area (Å²) >= 11 is 2.56. The molecule has 144 valence electrons. The normalized spacial score (nSPS) is 14.4. The van der Waals surface area contributed by atoms with Gasteiger partial charge in [0.15, 0.2) is 5.78 Å². The van der Waals surface area contributed by atoms with Gasteiger partial charge in [-0.1, -0.05) is 35.7 Å². The molecular weight excluding hydrogens is 408 g/mol. The molecule has 8 nitrogen and oxygen atoms in total. The average Bonchev–Trinajstić information content (AvgIpc) is 3.33. The topological polar surface area (TPSA) is 108 Å². The molecule has 0 aliphatic carbocycles. The van der Waals surface area contributed by atoms with Crippen LogP contribution in [0.3, 0.4) is 0 Å². The van der Waals surface area contributed by atoms with Crippen LogP contribution in [-0.2, 0) is 4.79 Å². The summed E-state index contributed by atoms with van der Waals surface area (Å²) in [6, 6.07) is 16.2. The molecule has 0 bridgehead atoms. The molecule has 10 heteroatoms. The number of anilines is 1. The molecule has 0 atom stereocenters. The molecule has 2 heterocycles. The minimum Gasteiger partial charge on any atom is -0.508 e. The fraction of sp³-hybridized carbons (Fsp3) is 0.105. The second-order valence-corrected chi connectivity index (χ2v) is 8.00. The number of benzene rings is 2. The molecule has 1 N–H and O–H groups in total. The number of thioether (sulfide) groups is 2. The van der Waals surface area contributed by atoms with Gasteiger partial charge in [-0.05, 0) is 46.8 Å². The van der Waals surface area contributed by atoms with Gasteiger partial charge in [-0.2, -0.15) is 9.94 Å². The Morgan fingerprint density at radius 1 is 1.24 bits per heavy atom. The number of carbonyl (C=O) groups excluding carboxylic acids is 1. The van der Waals surface area contributed by atoms with E-state index in [1.165, 1.54) is 28.6 Å². The molecule has 0 saturated carbocycles. The third-order valence-corrected chi connectivity index (χ3v) is 6.37. The number of para-hydroxylation sites is 1. The number of phenols is 1. The van der Waals surface area contributed by atoms with E-state index < -0.39 is 0 Å². The van der Waals surface area contributed by atoms with Crippen LogP contribution in [0.5, 0.6) is 5.75 Å². The summed E-state index contributed by atoms with van der Waals surface area (Å²) in [5, 5.41) is 31.6. The van der Waals surface area contributed by atoms with Crippen LogP contribution in [0, 0.1) is 11.3 Å². The number of aromatic nitrogens is 4. The zero-order valence-electron chi connectivity index (χ0n) is 15.2. The molecule has 0 unspecified atom stereocenters. The third-order valence-electron chi connectivity index (χ3n) is 4.21. The van der Waals surface area contributed by atoms with Crippen LogP contribution in [0.1, 0.15) is 0 Å². The first-order chi connectivity index (χ1) is 14.1. The Kier molecular flexibility index (Phi) is 5.24. The van der Waals surface area contributed by atoms with Gasteiger partial charge in [-0.3, -0.25) is 4.79 Å². The van der Waals surface area contributed by atoms with Crippen molar-refractivity contribution < 1.29 is 9.90 Å². The number of fused-ring (bicyclic) bond motifs is 1. The van der Waals surface area contributed by atoms with E-state index in [-0.39, 0.29) is 22.9 Å². The number of aromatic hydroxyl groups is 1. The molecule has 0 radical (unpaired) electrons. The van der Waals surface area contributed by atoms with Gasteiger partial charge in [-0.15, -0.1) is 5.10 Å². The fourth-order valence-corrected chi connectivity index (χ4v) is 4.70. The van der Waals surface area contributed by atoms with E-state index in [2.05, 4.69) is 21.6 Å². The number of phenolic OH excluding ortho intramolecular Hbond substituents is 1. The maximum Gasteiger partial charge on any atom is 0.214 e. The highest BCUT2D eigenvalue weighted by atomic mass is 32.2. The molecular formula is C19H14N6O2S2. The van der Waals surface area contributed by atoms with Crippen molar-refractivity contribution in [2.45, 2.75) is 10.1 Å². The SMILES string of the molecule is CN1/C(=C(\C#N)C(=O)CSc2nnnn2-c2ccc(O)cc2)Sc2ccccc21. The van der Waals surface area contributed by atoms with E-state index in [0.29, 0.717) is 15.9 Å². The molecule has 0 amide bonds. The zero-order valence-corrected chi connectivity index (χ0v) is 16.8. The number of rotatable bonds is 5. The van der Waals surface area contributed by atoms with Crippen molar-refractivity contribution in [3.05, 3.63) is 59.1 Å². The second-order valence-electron chi connectivity index (χ2n) is 6.02. The van der Waals surface area contributed by atoms with Crippen molar-refractivity contribution in [3.63, 3.8) is 0 Å². The minimum absolute atomic E-state index is 0.0234. The highest BCUT2D eigenvalue weighted by molar-refractivity contribution is 8.03. The Hall–Kier alpha value is -3.29. The summed E-state index contributed by atoms with van der Waals surface area (Å²) in [4.78, 5) is 15.7. The van der Waals surface area contributed by atoms with Gasteiger partial charge in [0.1, 0.15) is 22.4 Å². The number of hydrogen-bond acceptors (Lipinski definition) is 9. The highest BCUT2D eigenvalue weighted by Gasteiger charge is 2.28. The van der Waals surface area contributed by atoms with Crippen molar-refractivity contribution in [1.82, 2.24) is 20.2 Å². The largest absolute Gasteiger partial charge is 0.508 e. The van der Waals surface area contributed by atoms with Crippen molar-refractivity contribution in [2.75, 3.05) is 17.7 Å². The summed E-state index contributed by atoms with van der Waals surface area (Å²) in [7, 11) is 1.84. The van der Waals surface area contributed by atoms with Gasteiger partial charge in [0, 0.05) is 11.9 Å². The molecule has 0 fully saturated rings. The molecule has 0 spiro atoms. The van der Waals surface area contributed by atoms with Crippen molar-refractivity contribution in [1.29, 1.82) is 5.26 Å². The van der Waals surface area contributed by atoms with Crippen molar-refractivity contribution in [3.8, 4) is 17.5 Å². The maximum absolute atomic E-state index is 12.8. The average molecular weight is 422 g/mol. The van der Waals surface area contributed by atoms with Crippen LogP contribution in [0.2, 0.25) is 0 Å². The molecule has 29 heavy (non-hydrogen) atoms. The van der Waals surface area contributed by atoms with Crippen molar-refractivity contribution >= 4 is 35.0 Å². The van der Waals surface area contributed by atoms with Crippen LogP contribution in [0.15, 0.2) is 69.2 Å². The number of ketones is 1. The Balaban J connectivity index is 1.53. The Bertz CT molecular complexity index is 1150. The zero-order chi connectivity index (χ0) is 20.4. The van der Waals surface area contributed by atoms with E-state index in [1.54, 1.807) is 12.1 Å². The van der Waals surface area contributed by atoms with Crippen LogP contribution < -0.4 is 4.90 Å². The van der Waals surface area contributed by atoms with E-state index in [9.17, 15) is 15.2 Å². The molecule has 4 rings (SSSR count). The second kappa shape index (κ2) is 7.98. The van der Waals surface area contributed by atoms with Gasteiger partial charge < -0.3 is 10.0 Å². The fourth-order valence-electron chi connectivity index (χ4n) is 2.78. The lowest BCUT2D eigenvalue weighted by Gasteiger charge is -2.14. The monoisotopic (exact) mass is 422 g/mol. The first-order valence-electron chi connectivity index (χ1n) is 8.47. The molecule has 2 aromatic carbocycles. The first kappa shape index (κ1) is 19.0. The van der Waals surface area contributed by atoms with Crippen LogP contribution in [0.4, 0.5) is 5.69 Å². The first-order valence-corrected chi connectivity index (χ1v) is 10.3. The smallest absolute Gasteiger partial charge is 0.214 e. The van der Waals surface area contributed by atoms with Gasteiger partial charge in [0.2, 0.25) is 5.16 Å². The summed E-state index contributed by atoms with van der Waals surface area (Å²) < 4.78 is 1.48. The summed E-state index contributed by atoms with van der Waals surface area (Å²) in [5.41, 5.74) is 1.74. The summed E-state index contributed by atoms with van der Waals surface area (Å²) in [6.07, 6.45) is 0. The number of carbonyl (C=O) groups is 1. The molecule has 1 aliphatic heterocycles. The lowest BCUT2D eigenvalue weighted by atomic mass is 10.2. The number of hydrogen-bond donors (Lipinski definition) is 1. The number of allylic oxidation sites excluding steroid dienone is 1. The minimum atomic E-state index is -0.292.